The van der Waals surface area contributed by atoms with Gasteiger partial charge in [-0.15, -0.1) is 0 Å². The molecule has 2 fully saturated rings. The van der Waals surface area contributed by atoms with Crippen LogP contribution in [0.15, 0.2) is 64.3 Å². The Morgan fingerprint density at radius 3 is 2.36 bits per heavy atom. The number of anilines is 1. The summed E-state index contributed by atoms with van der Waals surface area (Å²) < 4.78 is 2.19. The molecule has 36 heavy (non-hydrogen) atoms. The molecule has 6 nitrogen and oxygen atoms in total. The molecule has 186 valence electrons. The molecule has 0 saturated carbocycles. The van der Waals surface area contributed by atoms with Gasteiger partial charge in [0.15, 0.2) is 0 Å². The molecule has 3 aromatic rings. The van der Waals surface area contributed by atoms with Crippen LogP contribution in [0, 0.1) is 0 Å². The zero-order chi connectivity index (χ0) is 25.4. The van der Waals surface area contributed by atoms with Gasteiger partial charge in [-0.2, -0.15) is 0 Å². The molecule has 2 saturated heterocycles. The number of thiocarbonyl (C=S) groups is 1. The Labute approximate surface area is 221 Å². The van der Waals surface area contributed by atoms with E-state index in [4.69, 9.17) is 12.2 Å². The lowest BCUT2D eigenvalue weighted by Crippen LogP contribution is -2.47. The Kier molecular flexibility index (Phi) is 7.01. The predicted molar refractivity (Wildman–Crippen MR) is 153 cm³/mol. The highest BCUT2D eigenvalue weighted by atomic mass is 32.2. The number of aromatic nitrogens is 1. The number of thioether (sulfide) groups is 1. The van der Waals surface area contributed by atoms with E-state index in [1.54, 1.807) is 22.6 Å². The number of pyridine rings is 1. The number of aryl methyl sites for hydroxylation is 1. The highest BCUT2D eigenvalue weighted by Crippen LogP contribution is 2.39. The Hall–Kier alpha value is -2.94. The van der Waals surface area contributed by atoms with Crippen molar-refractivity contribution in [1.82, 2.24) is 14.4 Å². The van der Waals surface area contributed by atoms with Crippen molar-refractivity contribution in [2.24, 2.45) is 7.05 Å². The summed E-state index contributed by atoms with van der Waals surface area (Å²) >= 11 is 6.91. The molecule has 1 atom stereocenters. The van der Waals surface area contributed by atoms with Crippen LogP contribution in [0.4, 0.5) is 5.69 Å². The van der Waals surface area contributed by atoms with Gasteiger partial charge in [-0.25, -0.2) is 0 Å². The van der Waals surface area contributed by atoms with Gasteiger partial charge in [-0.3, -0.25) is 14.5 Å². The minimum absolute atomic E-state index is 0.108. The Balaban J connectivity index is 1.60. The molecule has 8 heteroatoms. The molecule has 1 unspecified atom stereocenters. The lowest BCUT2D eigenvalue weighted by Gasteiger charge is -2.37. The van der Waals surface area contributed by atoms with Crippen LogP contribution in [-0.4, -0.2) is 57.3 Å². The van der Waals surface area contributed by atoms with E-state index >= 15 is 0 Å². The van der Waals surface area contributed by atoms with Crippen LogP contribution in [0.25, 0.3) is 17.0 Å². The second kappa shape index (κ2) is 10.2. The van der Waals surface area contributed by atoms with Gasteiger partial charge in [0.05, 0.1) is 27.7 Å². The molecule has 0 aliphatic carbocycles. The summed E-state index contributed by atoms with van der Waals surface area (Å²) in [6.45, 7) is 8.71. The van der Waals surface area contributed by atoms with Gasteiger partial charge in [-0.05, 0) is 31.2 Å². The number of amides is 1. The largest absolute Gasteiger partial charge is 0.368 e. The van der Waals surface area contributed by atoms with Gasteiger partial charge in [0.1, 0.15) is 4.32 Å². The minimum atomic E-state index is -0.189. The van der Waals surface area contributed by atoms with Gasteiger partial charge in [0.25, 0.3) is 11.5 Å². The molecule has 0 radical (unpaired) electrons. The first-order chi connectivity index (χ1) is 17.4. The first-order valence-electron chi connectivity index (χ1n) is 12.3. The first-order valence-corrected chi connectivity index (χ1v) is 13.5. The molecule has 0 N–H and O–H groups in total. The number of rotatable bonds is 5. The van der Waals surface area contributed by atoms with Crippen molar-refractivity contribution in [3.63, 3.8) is 0 Å². The summed E-state index contributed by atoms with van der Waals surface area (Å²) in [7, 11) is 1.80. The number of nitrogens with zero attached hydrogens (tertiary/aromatic N) is 4. The third-order valence-corrected chi connectivity index (χ3v) is 8.55. The number of hydrogen-bond donors (Lipinski definition) is 0. The van der Waals surface area contributed by atoms with Gasteiger partial charge < -0.3 is 14.4 Å². The molecule has 0 spiro atoms. The molecular formula is C28H30N4O2S2. The van der Waals surface area contributed by atoms with E-state index < -0.39 is 0 Å². The van der Waals surface area contributed by atoms with Crippen LogP contribution < -0.4 is 10.5 Å². The van der Waals surface area contributed by atoms with Crippen LogP contribution in [-0.2, 0) is 11.8 Å². The SMILES string of the molecule is CCN1CCN(c2c(C=C3SC(=S)N(C(C)c4ccccc4)C3=O)c(=O)n(C)c3ccccc23)CC1. The maximum Gasteiger partial charge on any atom is 0.266 e. The average molecular weight is 519 g/mol. The zero-order valence-corrected chi connectivity index (χ0v) is 22.4. The summed E-state index contributed by atoms with van der Waals surface area (Å²) in [5.74, 6) is -0.154. The third-order valence-electron chi connectivity index (χ3n) is 7.21. The average Bonchev–Trinajstić information content (AvgIpc) is 3.19. The van der Waals surface area contributed by atoms with E-state index in [0.29, 0.717) is 14.8 Å². The number of fused-ring (bicyclic) bond motifs is 1. The topological polar surface area (TPSA) is 48.8 Å². The second-order valence-corrected chi connectivity index (χ2v) is 10.9. The van der Waals surface area contributed by atoms with E-state index in [9.17, 15) is 9.59 Å². The maximum atomic E-state index is 13.7. The maximum absolute atomic E-state index is 13.7. The number of likely N-dealkylation sites (N-methyl/N-ethyl adjacent to an activating group) is 1. The van der Waals surface area contributed by atoms with E-state index in [2.05, 4.69) is 22.8 Å². The van der Waals surface area contributed by atoms with Crippen molar-refractivity contribution in [2.45, 2.75) is 19.9 Å². The smallest absolute Gasteiger partial charge is 0.266 e. The van der Waals surface area contributed by atoms with Crippen LogP contribution >= 0.6 is 24.0 Å². The molecule has 2 aromatic carbocycles. The normalized spacial score (nSPS) is 19.0. The highest BCUT2D eigenvalue weighted by Gasteiger charge is 2.36. The lowest BCUT2D eigenvalue weighted by atomic mass is 10.0. The number of benzene rings is 2. The Morgan fingerprint density at radius 2 is 1.67 bits per heavy atom. The fraction of sp³-hybridized carbons (Fsp3) is 0.321. The van der Waals surface area contributed by atoms with Crippen molar-refractivity contribution in [3.8, 4) is 0 Å². The van der Waals surface area contributed by atoms with Gasteiger partial charge in [-0.1, -0.05) is 79.4 Å². The molecular weight excluding hydrogens is 488 g/mol. The fourth-order valence-corrected chi connectivity index (χ4v) is 6.49. The van der Waals surface area contributed by atoms with Crippen LogP contribution in [0.3, 0.4) is 0 Å². The standard InChI is InChI=1S/C28H30N4O2S2/c1-4-30-14-16-31(17-15-30)25-21-12-8-9-13-23(21)29(3)26(33)22(25)18-24-27(34)32(28(35)36-24)19(2)20-10-6-5-7-11-20/h5-13,18-19H,4,14-17H2,1-3H3. The number of piperazine rings is 1. The number of para-hydroxylation sites is 1. The minimum Gasteiger partial charge on any atom is -0.368 e. The van der Waals surface area contributed by atoms with Gasteiger partial charge in [0, 0.05) is 38.6 Å². The summed E-state index contributed by atoms with van der Waals surface area (Å²) in [6.07, 6.45) is 1.77. The first kappa shape index (κ1) is 24.7. The number of carbonyl (C=O) groups excluding carboxylic acids is 1. The van der Waals surface area contributed by atoms with Crippen molar-refractivity contribution >= 4 is 56.9 Å². The highest BCUT2D eigenvalue weighted by molar-refractivity contribution is 8.26. The molecule has 1 amide bonds. The Morgan fingerprint density at radius 1 is 1.00 bits per heavy atom. The molecule has 2 aliphatic rings. The lowest BCUT2D eigenvalue weighted by molar-refractivity contribution is -0.123. The number of hydrogen-bond acceptors (Lipinski definition) is 6. The van der Waals surface area contributed by atoms with Crippen molar-refractivity contribution in [2.75, 3.05) is 37.6 Å². The predicted octanol–water partition coefficient (Wildman–Crippen LogP) is 4.64. The molecule has 1 aromatic heterocycles. The third kappa shape index (κ3) is 4.38. The molecule has 2 aliphatic heterocycles. The van der Waals surface area contributed by atoms with Crippen LogP contribution in [0.2, 0.25) is 0 Å². The Bertz CT molecular complexity index is 1410. The summed E-state index contributed by atoms with van der Waals surface area (Å²) in [4.78, 5) is 34.1. The molecule has 3 heterocycles. The zero-order valence-electron chi connectivity index (χ0n) is 20.8. The monoisotopic (exact) mass is 518 g/mol. The van der Waals surface area contributed by atoms with E-state index in [-0.39, 0.29) is 17.5 Å². The van der Waals surface area contributed by atoms with Crippen molar-refractivity contribution in [1.29, 1.82) is 0 Å². The van der Waals surface area contributed by atoms with E-state index in [1.165, 1.54) is 11.8 Å². The second-order valence-electron chi connectivity index (χ2n) is 9.20. The van der Waals surface area contributed by atoms with Crippen LogP contribution in [0.1, 0.15) is 31.0 Å². The van der Waals surface area contributed by atoms with E-state index in [1.807, 2.05) is 55.5 Å². The molecule has 5 rings (SSSR count). The van der Waals surface area contributed by atoms with Crippen LogP contribution in [0.5, 0.6) is 0 Å². The molecule has 0 bridgehead atoms. The van der Waals surface area contributed by atoms with Gasteiger partial charge >= 0.3 is 0 Å². The van der Waals surface area contributed by atoms with E-state index in [0.717, 1.165) is 54.9 Å². The van der Waals surface area contributed by atoms with Crippen molar-refractivity contribution in [3.05, 3.63) is 81.0 Å². The number of carbonyl (C=O) groups is 1. The summed E-state index contributed by atoms with van der Waals surface area (Å²) in [6, 6.07) is 17.7. The quantitative estimate of drug-likeness (QED) is 0.362. The van der Waals surface area contributed by atoms with Crippen molar-refractivity contribution < 1.29 is 4.79 Å². The summed E-state index contributed by atoms with van der Waals surface area (Å²) in [5.41, 5.74) is 3.26. The fourth-order valence-electron chi connectivity index (χ4n) is 5.09. The van der Waals surface area contributed by atoms with Gasteiger partial charge in [0.2, 0.25) is 0 Å². The summed E-state index contributed by atoms with van der Waals surface area (Å²) in [5, 5.41) is 1.02.